The van der Waals surface area contributed by atoms with Gasteiger partial charge in [-0.2, -0.15) is 0 Å². The Morgan fingerprint density at radius 1 is 1.26 bits per heavy atom. The molecule has 3 aromatic rings. The van der Waals surface area contributed by atoms with Crippen LogP contribution in [-0.2, 0) is 23.0 Å². The van der Waals surface area contributed by atoms with E-state index in [9.17, 15) is 8.42 Å². The van der Waals surface area contributed by atoms with Gasteiger partial charge in [-0.3, -0.25) is 0 Å². The van der Waals surface area contributed by atoms with E-state index in [2.05, 4.69) is 10.3 Å². The molecule has 1 atom stereocenters. The van der Waals surface area contributed by atoms with Crippen molar-refractivity contribution in [2.24, 2.45) is 0 Å². The molecular formula is C20H23N3O3S. The topological polar surface area (TPSA) is 72.7 Å². The minimum absolute atomic E-state index is 0.0597. The van der Waals surface area contributed by atoms with Gasteiger partial charge in [0.2, 0.25) is 0 Å². The molecule has 1 N–H and O–H groups in total. The Balaban J connectivity index is 1.31. The maximum absolute atomic E-state index is 11.5. The zero-order valence-electron chi connectivity index (χ0n) is 15.3. The van der Waals surface area contributed by atoms with E-state index in [-0.39, 0.29) is 11.8 Å². The average molecular weight is 385 g/mol. The first kappa shape index (κ1) is 18.0. The molecule has 27 heavy (non-hydrogen) atoms. The fourth-order valence-electron chi connectivity index (χ4n) is 3.35. The Bertz CT molecular complexity index is 1040. The summed E-state index contributed by atoms with van der Waals surface area (Å²) in [4.78, 5) is 4.61. The predicted octanol–water partition coefficient (Wildman–Crippen LogP) is 2.50. The van der Waals surface area contributed by atoms with Gasteiger partial charge in [0.15, 0.2) is 9.84 Å². The van der Waals surface area contributed by atoms with Crippen LogP contribution in [0.4, 0.5) is 0 Å². The monoisotopic (exact) mass is 385 g/mol. The molecule has 0 aliphatic carbocycles. The molecule has 1 aliphatic rings. The molecule has 142 valence electrons. The van der Waals surface area contributed by atoms with Crippen LogP contribution in [0.2, 0.25) is 0 Å². The fraction of sp³-hybridized carbons (Fsp3) is 0.350. The van der Waals surface area contributed by atoms with Crippen LogP contribution >= 0.6 is 0 Å². The molecule has 1 aromatic carbocycles. The molecule has 1 unspecified atom stereocenters. The molecule has 7 heteroatoms. The number of sulfone groups is 1. The maximum Gasteiger partial charge on any atom is 0.151 e. The number of rotatable bonds is 6. The van der Waals surface area contributed by atoms with E-state index in [1.54, 1.807) is 0 Å². The van der Waals surface area contributed by atoms with Crippen LogP contribution in [0.3, 0.4) is 0 Å². The number of benzene rings is 1. The Morgan fingerprint density at radius 3 is 2.78 bits per heavy atom. The summed E-state index contributed by atoms with van der Waals surface area (Å²) in [6.07, 6.45) is 4.66. The van der Waals surface area contributed by atoms with Crippen molar-refractivity contribution >= 4 is 15.5 Å². The first-order valence-corrected chi connectivity index (χ1v) is 10.9. The van der Waals surface area contributed by atoms with Gasteiger partial charge in [-0.05, 0) is 42.7 Å². The number of nitrogens with one attached hydrogen (secondary N) is 1. The van der Waals surface area contributed by atoms with Crippen LogP contribution < -0.4 is 10.1 Å². The summed E-state index contributed by atoms with van der Waals surface area (Å²) in [5, 5.41) is 3.32. The normalized spacial score (nSPS) is 18.8. The second-order valence-corrected chi connectivity index (χ2v) is 9.30. The summed E-state index contributed by atoms with van der Waals surface area (Å²) in [5.41, 5.74) is 4.08. The van der Waals surface area contributed by atoms with Crippen LogP contribution in [-0.4, -0.2) is 35.4 Å². The molecule has 1 aliphatic heterocycles. The molecule has 0 bridgehead atoms. The lowest BCUT2D eigenvalue weighted by Gasteiger charge is -2.11. The molecule has 3 heterocycles. The van der Waals surface area contributed by atoms with Gasteiger partial charge in [-0.1, -0.05) is 18.2 Å². The quantitative estimate of drug-likeness (QED) is 0.706. The largest absolute Gasteiger partial charge is 0.487 e. The van der Waals surface area contributed by atoms with Gasteiger partial charge in [0.25, 0.3) is 0 Å². The van der Waals surface area contributed by atoms with Crippen molar-refractivity contribution in [1.82, 2.24) is 14.7 Å². The van der Waals surface area contributed by atoms with Crippen molar-refractivity contribution in [3.05, 3.63) is 65.6 Å². The van der Waals surface area contributed by atoms with Crippen molar-refractivity contribution in [3.63, 3.8) is 0 Å². The Labute approximate surface area is 159 Å². The highest BCUT2D eigenvalue weighted by atomic mass is 32.2. The number of nitrogens with zero attached hydrogens (tertiary/aromatic N) is 2. The minimum atomic E-state index is -2.84. The zero-order chi connectivity index (χ0) is 18.9. The fourth-order valence-corrected chi connectivity index (χ4v) is 5.06. The van der Waals surface area contributed by atoms with E-state index in [1.165, 1.54) is 0 Å². The summed E-state index contributed by atoms with van der Waals surface area (Å²) in [6, 6.07) is 12.0. The second-order valence-electron chi connectivity index (χ2n) is 7.07. The van der Waals surface area contributed by atoms with E-state index in [4.69, 9.17) is 4.74 Å². The summed E-state index contributed by atoms with van der Waals surface area (Å²) in [7, 11) is -2.84. The molecule has 2 aromatic heterocycles. The van der Waals surface area contributed by atoms with E-state index in [0.717, 1.165) is 28.2 Å². The number of fused-ring (bicyclic) bond motifs is 1. The number of hydrogen-bond donors (Lipinski definition) is 1. The number of imidazole rings is 1. The lowest BCUT2D eigenvalue weighted by atomic mass is 10.2. The van der Waals surface area contributed by atoms with Crippen LogP contribution in [0.25, 0.3) is 5.65 Å². The number of hydrogen-bond acceptors (Lipinski definition) is 5. The highest BCUT2D eigenvalue weighted by Crippen LogP contribution is 2.17. The lowest BCUT2D eigenvalue weighted by Crippen LogP contribution is -2.29. The number of pyridine rings is 1. The highest BCUT2D eigenvalue weighted by molar-refractivity contribution is 7.91. The third-order valence-electron chi connectivity index (χ3n) is 4.87. The van der Waals surface area contributed by atoms with Crippen molar-refractivity contribution in [3.8, 4) is 5.75 Å². The van der Waals surface area contributed by atoms with Crippen LogP contribution in [0.15, 0.2) is 48.8 Å². The lowest BCUT2D eigenvalue weighted by molar-refractivity contribution is 0.302. The van der Waals surface area contributed by atoms with Crippen LogP contribution in [0.1, 0.15) is 23.2 Å². The Morgan fingerprint density at radius 2 is 2.07 bits per heavy atom. The standard InChI is InChI=1S/C20H23N3O3S/c1-15-3-2-9-23-12-18(22-20(15)23)13-26-19-6-4-16(5-7-19)11-21-17-8-10-27(24,25)14-17/h2-7,9,12,17,21H,8,10-11,13-14H2,1H3. The van der Waals surface area contributed by atoms with Crippen molar-refractivity contribution in [2.75, 3.05) is 11.5 Å². The molecule has 0 amide bonds. The third kappa shape index (κ3) is 4.31. The van der Waals surface area contributed by atoms with E-state index in [1.807, 2.05) is 60.1 Å². The molecular weight excluding hydrogens is 362 g/mol. The number of aromatic nitrogens is 2. The Hall–Kier alpha value is -2.38. The summed E-state index contributed by atoms with van der Waals surface area (Å²) in [5.74, 6) is 1.32. The van der Waals surface area contributed by atoms with Gasteiger partial charge in [0.1, 0.15) is 18.0 Å². The molecule has 6 nitrogen and oxygen atoms in total. The predicted molar refractivity (Wildman–Crippen MR) is 105 cm³/mol. The molecule has 1 fully saturated rings. The smallest absolute Gasteiger partial charge is 0.151 e. The molecule has 4 rings (SSSR count). The first-order chi connectivity index (χ1) is 13.0. The molecule has 0 saturated carbocycles. The molecule has 0 radical (unpaired) electrons. The maximum atomic E-state index is 11.5. The molecule has 0 spiro atoms. The van der Waals surface area contributed by atoms with Crippen molar-refractivity contribution in [2.45, 2.75) is 32.5 Å². The summed E-state index contributed by atoms with van der Waals surface area (Å²) < 4.78 is 30.8. The van der Waals surface area contributed by atoms with Crippen LogP contribution in [0, 0.1) is 6.92 Å². The SMILES string of the molecule is Cc1cccn2cc(COc3ccc(CNC4CCS(=O)(=O)C4)cc3)nc12. The number of ether oxygens (including phenoxy) is 1. The van der Waals surface area contributed by atoms with Crippen LogP contribution in [0.5, 0.6) is 5.75 Å². The summed E-state index contributed by atoms with van der Waals surface area (Å²) >= 11 is 0. The first-order valence-electron chi connectivity index (χ1n) is 9.07. The Kier molecular flexibility index (Phi) is 4.88. The van der Waals surface area contributed by atoms with Crippen molar-refractivity contribution < 1.29 is 13.2 Å². The van der Waals surface area contributed by atoms with Gasteiger partial charge < -0.3 is 14.5 Å². The second kappa shape index (κ2) is 7.32. The van der Waals surface area contributed by atoms with Gasteiger partial charge in [0, 0.05) is 25.0 Å². The van der Waals surface area contributed by atoms with Gasteiger partial charge in [0.05, 0.1) is 17.2 Å². The van der Waals surface area contributed by atoms with E-state index in [0.29, 0.717) is 25.3 Å². The van der Waals surface area contributed by atoms with Crippen molar-refractivity contribution in [1.29, 1.82) is 0 Å². The van der Waals surface area contributed by atoms with E-state index < -0.39 is 9.84 Å². The number of aryl methyl sites for hydroxylation is 1. The minimum Gasteiger partial charge on any atom is -0.487 e. The van der Waals surface area contributed by atoms with Gasteiger partial charge in [-0.15, -0.1) is 0 Å². The van der Waals surface area contributed by atoms with Gasteiger partial charge in [-0.25, -0.2) is 13.4 Å². The third-order valence-corrected chi connectivity index (χ3v) is 6.63. The summed E-state index contributed by atoms with van der Waals surface area (Å²) in [6.45, 7) is 3.12. The van der Waals surface area contributed by atoms with E-state index >= 15 is 0 Å². The average Bonchev–Trinajstić information content (AvgIpc) is 3.22. The zero-order valence-corrected chi connectivity index (χ0v) is 16.1. The molecule has 1 saturated heterocycles. The van der Waals surface area contributed by atoms with Gasteiger partial charge >= 0.3 is 0 Å². The highest BCUT2D eigenvalue weighted by Gasteiger charge is 2.27.